The van der Waals surface area contributed by atoms with Crippen LogP contribution >= 0.6 is 15.9 Å². The van der Waals surface area contributed by atoms with Crippen molar-refractivity contribution < 1.29 is 14.2 Å². The average molecular weight is 307 g/mol. The minimum atomic E-state index is -0.316. The SMILES string of the molecule is O=C(Nc1[nH]c2ccccc2[nH+]1)c1ccc(Br)o1. The van der Waals surface area contributed by atoms with E-state index in [0.717, 1.165) is 11.0 Å². The number of carbonyl (C=O) groups excluding carboxylic acids is 1. The molecule has 5 nitrogen and oxygen atoms in total. The van der Waals surface area contributed by atoms with Gasteiger partial charge in [-0.3, -0.25) is 0 Å². The topological polar surface area (TPSA) is 72.2 Å². The van der Waals surface area contributed by atoms with E-state index >= 15 is 0 Å². The molecule has 0 aliphatic carbocycles. The molecule has 0 saturated heterocycles. The minimum absolute atomic E-state index is 0.244. The van der Waals surface area contributed by atoms with Crippen LogP contribution < -0.4 is 10.3 Å². The maximum absolute atomic E-state index is 11.8. The van der Waals surface area contributed by atoms with Crippen LogP contribution in [-0.2, 0) is 0 Å². The van der Waals surface area contributed by atoms with E-state index in [1.807, 2.05) is 24.3 Å². The van der Waals surface area contributed by atoms with E-state index in [-0.39, 0.29) is 11.7 Å². The number of halogens is 1. The van der Waals surface area contributed by atoms with E-state index in [1.165, 1.54) is 0 Å². The Labute approximate surface area is 110 Å². The van der Waals surface area contributed by atoms with Gasteiger partial charge in [-0.2, -0.15) is 0 Å². The second-order valence-electron chi connectivity index (χ2n) is 3.73. The van der Waals surface area contributed by atoms with E-state index in [1.54, 1.807) is 12.1 Å². The third kappa shape index (κ3) is 2.02. The van der Waals surface area contributed by atoms with Gasteiger partial charge < -0.3 is 4.42 Å². The molecule has 18 heavy (non-hydrogen) atoms. The second kappa shape index (κ2) is 4.30. The monoisotopic (exact) mass is 306 g/mol. The third-order valence-corrected chi connectivity index (χ3v) is 2.91. The van der Waals surface area contributed by atoms with Gasteiger partial charge in [-0.05, 0) is 40.2 Å². The predicted molar refractivity (Wildman–Crippen MR) is 69.2 cm³/mol. The highest BCUT2D eigenvalue weighted by Gasteiger charge is 2.17. The molecule has 1 aromatic carbocycles. The molecular weight excluding hydrogens is 298 g/mol. The molecule has 0 unspecified atom stereocenters. The Morgan fingerprint density at radius 3 is 2.83 bits per heavy atom. The Hall–Kier alpha value is -2.08. The van der Waals surface area contributed by atoms with Crippen LogP contribution in [0.25, 0.3) is 11.0 Å². The van der Waals surface area contributed by atoms with Crippen molar-refractivity contribution in [2.45, 2.75) is 0 Å². The number of benzene rings is 1. The summed E-state index contributed by atoms with van der Waals surface area (Å²) in [5.41, 5.74) is 1.85. The molecule has 3 rings (SSSR count). The van der Waals surface area contributed by atoms with Gasteiger partial charge in [0.2, 0.25) is 5.76 Å². The Bertz CT molecular complexity index is 684. The van der Waals surface area contributed by atoms with Gasteiger partial charge in [0.05, 0.1) is 0 Å². The van der Waals surface area contributed by atoms with Crippen LogP contribution in [0.5, 0.6) is 0 Å². The van der Waals surface area contributed by atoms with Crippen molar-refractivity contribution in [3.8, 4) is 0 Å². The van der Waals surface area contributed by atoms with Crippen LogP contribution in [-0.4, -0.2) is 10.9 Å². The molecule has 0 atom stereocenters. The van der Waals surface area contributed by atoms with Gasteiger partial charge >= 0.3 is 11.9 Å². The number of para-hydroxylation sites is 2. The summed E-state index contributed by atoms with van der Waals surface area (Å²) in [5.74, 6) is 0.450. The number of hydrogen-bond acceptors (Lipinski definition) is 2. The number of carbonyl (C=O) groups is 1. The molecule has 90 valence electrons. The Morgan fingerprint density at radius 2 is 2.11 bits per heavy atom. The highest BCUT2D eigenvalue weighted by molar-refractivity contribution is 9.10. The molecule has 0 aliphatic rings. The van der Waals surface area contributed by atoms with Gasteiger partial charge in [0.25, 0.3) is 0 Å². The van der Waals surface area contributed by atoms with Gasteiger partial charge in [-0.15, -0.1) is 0 Å². The van der Waals surface area contributed by atoms with Crippen LogP contribution in [0.15, 0.2) is 45.5 Å². The van der Waals surface area contributed by atoms with Crippen LogP contribution in [0.3, 0.4) is 0 Å². The van der Waals surface area contributed by atoms with Crippen molar-refractivity contribution in [2.24, 2.45) is 0 Å². The maximum atomic E-state index is 11.8. The summed E-state index contributed by atoms with van der Waals surface area (Å²) < 4.78 is 5.69. The lowest BCUT2D eigenvalue weighted by molar-refractivity contribution is -0.326. The summed E-state index contributed by atoms with van der Waals surface area (Å²) in [5, 5.41) is 2.70. The summed E-state index contributed by atoms with van der Waals surface area (Å²) in [7, 11) is 0. The van der Waals surface area contributed by atoms with Crippen molar-refractivity contribution in [1.29, 1.82) is 0 Å². The quantitative estimate of drug-likeness (QED) is 0.764. The zero-order valence-corrected chi connectivity index (χ0v) is 10.7. The van der Waals surface area contributed by atoms with Gasteiger partial charge in [-0.1, -0.05) is 12.1 Å². The van der Waals surface area contributed by atoms with E-state index < -0.39 is 0 Å². The van der Waals surface area contributed by atoms with Crippen molar-refractivity contribution in [2.75, 3.05) is 5.32 Å². The average Bonchev–Trinajstić information content (AvgIpc) is 2.94. The zero-order valence-electron chi connectivity index (χ0n) is 9.16. The third-order valence-electron chi connectivity index (χ3n) is 2.48. The molecule has 3 aromatic rings. The smallest absolute Gasteiger partial charge is 0.361 e. The largest absolute Gasteiger partial charge is 0.443 e. The zero-order chi connectivity index (χ0) is 12.5. The second-order valence-corrected chi connectivity index (χ2v) is 4.51. The normalized spacial score (nSPS) is 10.7. The molecule has 0 fully saturated rings. The van der Waals surface area contributed by atoms with Crippen LogP contribution in [0.1, 0.15) is 10.6 Å². The first-order chi connectivity index (χ1) is 8.72. The lowest BCUT2D eigenvalue weighted by atomic mass is 10.3. The number of amides is 1. The molecule has 3 N–H and O–H groups in total. The summed E-state index contributed by atoms with van der Waals surface area (Å²) in [6.45, 7) is 0. The van der Waals surface area contributed by atoms with E-state index in [0.29, 0.717) is 10.6 Å². The number of aromatic amines is 2. The maximum Gasteiger partial charge on any atom is 0.361 e. The first kappa shape index (κ1) is 11.0. The fraction of sp³-hybridized carbons (Fsp3) is 0. The van der Waals surface area contributed by atoms with Crippen LogP contribution in [0, 0.1) is 0 Å². The number of hydrogen-bond donors (Lipinski definition) is 2. The number of furan rings is 1. The molecule has 0 spiro atoms. The molecule has 2 heterocycles. The van der Waals surface area contributed by atoms with E-state index in [9.17, 15) is 4.79 Å². The Morgan fingerprint density at radius 1 is 1.28 bits per heavy atom. The molecule has 0 aliphatic heterocycles. The molecule has 0 bridgehead atoms. The molecule has 2 aromatic heterocycles. The summed E-state index contributed by atoms with van der Waals surface area (Å²) in [4.78, 5) is 18.0. The Kier molecular flexibility index (Phi) is 2.64. The fourth-order valence-electron chi connectivity index (χ4n) is 1.68. The number of anilines is 1. The number of imidazole rings is 1. The highest BCUT2D eigenvalue weighted by atomic mass is 79.9. The van der Waals surface area contributed by atoms with Gasteiger partial charge in [0.15, 0.2) is 4.67 Å². The van der Waals surface area contributed by atoms with Crippen LogP contribution in [0.2, 0.25) is 0 Å². The van der Waals surface area contributed by atoms with E-state index in [4.69, 9.17) is 4.42 Å². The predicted octanol–water partition coefficient (Wildman–Crippen LogP) is 2.59. The number of nitrogens with one attached hydrogen (secondary N) is 3. The summed E-state index contributed by atoms with van der Waals surface area (Å²) in [6, 6.07) is 11.0. The molecule has 1 amide bonds. The van der Waals surface area contributed by atoms with Crippen molar-refractivity contribution in [3.05, 3.63) is 46.8 Å². The minimum Gasteiger partial charge on any atom is -0.443 e. The lowest BCUT2D eigenvalue weighted by Crippen LogP contribution is -2.17. The number of rotatable bonds is 2. The number of aromatic nitrogens is 2. The summed E-state index contributed by atoms with van der Waals surface area (Å²) in [6.07, 6.45) is 0. The first-order valence-electron chi connectivity index (χ1n) is 5.29. The molecule has 0 saturated carbocycles. The fourth-order valence-corrected chi connectivity index (χ4v) is 1.98. The number of H-pyrrole nitrogens is 2. The standard InChI is InChI=1S/C12H8BrN3O2/c13-10-6-5-9(18-10)11(17)16-12-14-7-3-1-2-4-8(7)15-12/h1-6H,(H2,14,15,16,17)/p+1. The van der Waals surface area contributed by atoms with Gasteiger partial charge in [0, 0.05) is 0 Å². The molecule has 6 heteroatoms. The van der Waals surface area contributed by atoms with Crippen molar-refractivity contribution in [3.63, 3.8) is 0 Å². The van der Waals surface area contributed by atoms with Crippen LogP contribution in [0.4, 0.5) is 5.95 Å². The van der Waals surface area contributed by atoms with Gasteiger partial charge in [0.1, 0.15) is 11.0 Å². The number of fused-ring (bicyclic) bond motifs is 1. The summed E-state index contributed by atoms with van der Waals surface area (Å²) >= 11 is 3.15. The van der Waals surface area contributed by atoms with Crippen molar-refractivity contribution in [1.82, 2.24) is 4.98 Å². The van der Waals surface area contributed by atoms with Crippen molar-refractivity contribution >= 4 is 38.8 Å². The molecular formula is C12H9BrN3O2+. The first-order valence-corrected chi connectivity index (χ1v) is 6.08. The molecule has 0 radical (unpaired) electrons. The Balaban J connectivity index is 1.86. The van der Waals surface area contributed by atoms with Gasteiger partial charge in [-0.25, -0.2) is 20.1 Å². The van der Waals surface area contributed by atoms with E-state index in [2.05, 4.69) is 31.2 Å². The lowest BCUT2D eigenvalue weighted by Gasteiger charge is -1.91. The highest BCUT2D eigenvalue weighted by Crippen LogP contribution is 2.15.